The Balaban J connectivity index is 2.71. The number of alkyl halides is 2. The van der Waals surface area contributed by atoms with E-state index in [4.69, 9.17) is 4.74 Å². The number of carbonyl (C=O) groups is 2. The number of halogens is 2. The molecule has 0 aliphatic rings. The molecule has 7 heteroatoms. The molecule has 4 nitrogen and oxygen atoms in total. The fraction of sp³-hybridized carbons (Fsp3) is 0.429. The van der Waals surface area contributed by atoms with Crippen molar-refractivity contribution in [1.82, 2.24) is 4.90 Å². The molecule has 0 saturated heterocycles. The van der Waals surface area contributed by atoms with Crippen LogP contribution in [0, 0.1) is 0 Å². The highest BCUT2D eigenvalue weighted by Crippen LogP contribution is 2.28. The maximum atomic E-state index is 12.5. The van der Waals surface area contributed by atoms with Gasteiger partial charge in [0.2, 0.25) is 0 Å². The minimum atomic E-state index is -2.59. The first kappa shape index (κ1) is 17.4. The molecule has 1 aromatic rings. The summed E-state index contributed by atoms with van der Waals surface area (Å²) in [4.78, 5) is 25.0. The second-order valence-corrected chi connectivity index (χ2v) is 5.19. The van der Waals surface area contributed by atoms with Gasteiger partial charge in [-0.05, 0) is 19.1 Å². The van der Waals surface area contributed by atoms with Crippen LogP contribution in [0.3, 0.4) is 0 Å². The highest BCUT2D eigenvalue weighted by molar-refractivity contribution is 7.99. The number of rotatable bonds is 7. The van der Waals surface area contributed by atoms with Crippen molar-refractivity contribution in [1.29, 1.82) is 0 Å². The molecule has 0 aromatic heterocycles. The first-order chi connectivity index (χ1) is 9.95. The summed E-state index contributed by atoms with van der Waals surface area (Å²) in [5.41, 5.74) is 0.203. The normalized spacial score (nSPS) is 10.5. The lowest BCUT2D eigenvalue weighted by Crippen LogP contribution is -2.29. The molecule has 0 fully saturated rings. The molecule has 1 amide bonds. The number of carbonyl (C=O) groups excluding carboxylic acids is 2. The summed E-state index contributed by atoms with van der Waals surface area (Å²) < 4.78 is 29.7. The number of benzene rings is 1. The Bertz CT molecular complexity index is 497. The van der Waals surface area contributed by atoms with E-state index in [9.17, 15) is 18.4 Å². The van der Waals surface area contributed by atoms with Crippen LogP contribution in [0.4, 0.5) is 8.78 Å². The Morgan fingerprint density at radius 2 is 2.00 bits per heavy atom. The third-order valence-corrected chi connectivity index (χ3v) is 3.42. The summed E-state index contributed by atoms with van der Waals surface area (Å²) >= 11 is 0.331. The highest BCUT2D eigenvalue weighted by atomic mass is 32.2. The van der Waals surface area contributed by atoms with Crippen LogP contribution in [0.1, 0.15) is 23.7 Å². The van der Waals surface area contributed by atoms with E-state index < -0.39 is 17.6 Å². The Morgan fingerprint density at radius 1 is 1.33 bits per heavy atom. The molecule has 116 valence electrons. The van der Waals surface area contributed by atoms with Crippen molar-refractivity contribution in [3.63, 3.8) is 0 Å². The van der Waals surface area contributed by atoms with E-state index in [2.05, 4.69) is 0 Å². The number of ether oxygens (including phenoxy) is 1. The van der Waals surface area contributed by atoms with Crippen molar-refractivity contribution >= 4 is 23.6 Å². The number of nitrogens with zero attached hydrogens (tertiary/aromatic N) is 1. The van der Waals surface area contributed by atoms with Crippen molar-refractivity contribution in [3.05, 3.63) is 29.8 Å². The van der Waals surface area contributed by atoms with Crippen LogP contribution in [0.2, 0.25) is 0 Å². The third kappa shape index (κ3) is 5.71. The van der Waals surface area contributed by atoms with Gasteiger partial charge in [0.05, 0.1) is 18.6 Å². The molecular formula is C14H17F2NO3S. The van der Waals surface area contributed by atoms with Crippen LogP contribution in [0.15, 0.2) is 29.2 Å². The summed E-state index contributed by atoms with van der Waals surface area (Å²) in [6.07, 6.45) is 0.0697. The predicted octanol–water partition coefficient (Wildman–Crippen LogP) is 3.03. The van der Waals surface area contributed by atoms with Gasteiger partial charge >= 0.3 is 5.97 Å². The molecule has 21 heavy (non-hydrogen) atoms. The molecule has 0 radical (unpaired) electrons. The Kier molecular flexibility index (Phi) is 7.14. The molecule has 1 aromatic carbocycles. The van der Waals surface area contributed by atoms with Gasteiger partial charge in [-0.3, -0.25) is 9.59 Å². The average molecular weight is 317 g/mol. The van der Waals surface area contributed by atoms with E-state index in [-0.39, 0.29) is 30.0 Å². The lowest BCUT2D eigenvalue weighted by molar-refractivity contribution is -0.143. The van der Waals surface area contributed by atoms with Gasteiger partial charge in [-0.2, -0.15) is 8.78 Å². The third-order valence-electron chi connectivity index (χ3n) is 2.64. The predicted molar refractivity (Wildman–Crippen MR) is 76.5 cm³/mol. The molecule has 0 aliphatic heterocycles. The fourth-order valence-corrected chi connectivity index (χ4v) is 2.27. The van der Waals surface area contributed by atoms with Crippen LogP contribution in [0.25, 0.3) is 0 Å². The van der Waals surface area contributed by atoms with Crippen LogP contribution in [-0.4, -0.2) is 42.7 Å². The zero-order valence-corrected chi connectivity index (χ0v) is 12.7. The maximum absolute atomic E-state index is 12.5. The van der Waals surface area contributed by atoms with E-state index in [1.165, 1.54) is 24.1 Å². The van der Waals surface area contributed by atoms with Crippen molar-refractivity contribution in [2.45, 2.75) is 24.0 Å². The number of hydrogen-bond donors (Lipinski definition) is 0. The highest BCUT2D eigenvalue weighted by Gasteiger charge is 2.18. The molecule has 0 spiro atoms. The van der Waals surface area contributed by atoms with Gasteiger partial charge in [-0.15, -0.1) is 0 Å². The summed E-state index contributed by atoms with van der Waals surface area (Å²) in [5, 5.41) is 0. The van der Waals surface area contributed by atoms with Crippen LogP contribution in [0.5, 0.6) is 0 Å². The van der Waals surface area contributed by atoms with Crippen LogP contribution < -0.4 is 0 Å². The lowest BCUT2D eigenvalue weighted by Gasteiger charge is -2.18. The molecule has 0 bridgehead atoms. The van der Waals surface area contributed by atoms with E-state index in [1.54, 1.807) is 19.1 Å². The average Bonchev–Trinajstić information content (AvgIpc) is 2.44. The van der Waals surface area contributed by atoms with Gasteiger partial charge in [-0.25, -0.2) is 0 Å². The minimum absolute atomic E-state index is 0.0697. The standard InChI is InChI=1S/C14H17F2NO3S/c1-3-20-12(18)8-9-17(2)13(19)10-6-4-5-7-11(10)21-14(15)16/h4-7,14H,3,8-9H2,1-2H3. The van der Waals surface area contributed by atoms with Crippen molar-refractivity contribution in [2.75, 3.05) is 20.2 Å². The van der Waals surface area contributed by atoms with Gasteiger partial charge in [0.1, 0.15) is 0 Å². The molecule has 1 rings (SSSR count). The fourth-order valence-electron chi connectivity index (χ4n) is 1.64. The second-order valence-electron chi connectivity index (χ2n) is 4.16. The quantitative estimate of drug-likeness (QED) is 0.573. The van der Waals surface area contributed by atoms with E-state index in [0.717, 1.165) is 0 Å². The number of amides is 1. The molecule has 0 unspecified atom stereocenters. The number of thioether (sulfide) groups is 1. The van der Waals surface area contributed by atoms with Gasteiger partial charge < -0.3 is 9.64 Å². The first-order valence-corrected chi connectivity index (χ1v) is 7.28. The van der Waals surface area contributed by atoms with Crippen LogP contribution >= 0.6 is 11.8 Å². The van der Waals surface area contributed by atoms with Crippen molar-refractivity contribution in [2.24, 2.45) is 0 Å². The first-order valence-electron chi connectivity index (χ1n) is 6.40. The van der Waals surface area contributed by atoms with Gasteiger partial charge in [0, 0.05) is 18.5 Å². The molecular weight excluding hydrogens is 300 g/mol. The number of hydrogen-bond acceptors (Lipinski definition) is 4. The monoisotopic (exact) mass is 317 g/mol. The van der Waals surface area contributed by atoms with Crippen LogP contribution in [-0.2, 0) is 9.53 Å². The van der Waals surface area contributed by atoms with Gasteiger partial charge in [0.15, 0.2) is 0 Å². The zero-order valence-electron chi connectivity index (χ0n) is 11.8. The second kappa shape index (κ2) is 8.61. The molecule has 0 aliphatic carbocycles. The Labute approximate surface area is 126 Å². The smallest absolute Gasteiger partial charge is 0.307 e. The van der Waals surface area contributed by atoms with Crippen molar-refractivity contribution < 1.29 is 23.1 Å². The van der Waals surface area contributed by atoms with Gasteiger partial charge in [-0.1, -0.05) is 23.9 Å². The SMILES string of the molecule is CCOC(=O)CCN(C)C(=O)c1ccccc1SC(F)F. The summed E-state index contributed by atoms with van der Waals surface area (Å²) in [7, 11) is 1.52. The Hall–Kier alpha value is -1.63. The molecule has 0 atom stereocenters. The van der Waals surface area contributed by atoms with E-state index >= 15 is 0 Å². The molecule has 0 N–H and O–H groups in total. The zero-order chi connectivity index (χ0) is 15.8. The van der Waals surface area contributed by atoms with E-state index in [0.29, 0.717) is 11.8 Å². The van der Waals surface area contributed by atoms with E-state index in [1.807, 2.05) is 0 Å². The summed E-state index contributed by atoms with van der Waals surface area (Å²) in [5.74, 6) is -3.39. The minimum Gasteiger partial charge on any atom is -0.466 e. The largest absolute Gasteiger partial charge is 0.466 e. The molecule has 0 saturated carbocycles. The lowest BCUT2D eigenvalue weighted by atomic mass is 10.2. The van der Waals surface area contributed by atoms with Gasteiger partial charge in [0.25, 0.3) is 11.7 Å². The maximum Gasteiger partial charge on any atom is 0.307 e. The Morgan fingerprint density at radius 3 is 2.62 bits per heavy atom. The summed E-state index contributed by atoms with van der Waals surface area (Å²) in [6.45, 7) is 2.15. The molecule has 0 heterocycles. The number of esters is 1. The summed E-state index contributed by atoms with van der Waals surface area (Å²) in [6, 6.07) is 6.18. The van der Waals surface area contributed by atoms with Crippen molar-refractivity contribution in [3.8, 4) is 0 Å². The topological polar surface area (TPSA) is 46.6 Å².